The predicted molar refractivity (Wildman–Crippen MR) is 133 cm³/mol. The SMILES string of the molecule is O=C(Nc1ccc2c(c1)OCO2)[C@H]1CCCN(C(=O)c2cnn(-c3ccccc3)c2-n2cccc2)C1. The highest BCUT2D eigenvalue weighted by atomic mass is 16.7. The molecule has 2 aliphatic rings. The lowest BCUT2D eigenvalue weighted by molar-refractivity contribution is -0.121. The lowest BCUT2D eigenvalue weighted by Crippen LogP contribution is -2.44. The molecule has 0 unspecified atom stereocenters. The van der Waals surface area contributed by atoms with Gasteiger partial charge < -0.3 is 24.3 Å². The summed E-state index contributed by atoms with van der Waals surface area (Å²) < 4.78 is 14.4. The van der Waals surface area contributed by atoms with Crippen LogP contribution in [-0.4, -0.2) is 50.9 Å². The quantitative estimate of drug-likeness (QED) is 0.465. The number of para-hydroxylation sites is 1. The van der Waals surface area contributed by atoms with E-state index in [0.717, 1.165) is 12.1 Å². The molecule has 0 aliphatic carbocycles. The molecule has 1 fully saturated rings. The average molecular weight is 484 g/mol. The van der Waals surface area contributed by atoms with Gasteiger partial charge in [-0.1, -0.05) is 18.2 Å². The highest BCUT2D eigenvalue weighted by Crippen LogP contribution is 2.34. The van der Waals surface area contributed by atoms with Gasteiger partial charge >= 0.3 is 0 Å². The van der Waals surface area contributed by atoms with Crippen LogP contribution in [0.2, 0.25) is 0 Å². The van der Waals surface area contributed by atoms with Gasteiger partial charge in [0.25, 0.3) is 5.91 Å². The Morgan fingerprint density at radius 3 is 2.61 bits per heavy atom. The second-order valence-corrected chi connectivity index (χ2v) is 8.87. The summed E-state index contributed by atoms with van der Waals surface area (Å²) >= 11 is 0. The molecule has 2 aliphatic heterocycles. The van der Waals surface area contributed by atoms with Crippen molar-refractivity contribution >= 4 is 17.5 Å². The third-order valence-corrected chi connectivity index (χ3v) is 6.54. The fourth-order valence-corrected chi connectivity index (χ4v) is 4.74. The highest BCUT2D eigenvalue weighted by molar-refractivity contribution is 5.98. The number of benzene rings is 2. The molecule has 9 heteroatoms. The molecule has 6 rings (SSSR count). The zero-order chi connectivity index (χ0) is 24.5. The van der Waals surface area contributed by atoms with Crippen molar-refractivity contribution in [2.45, 2.75) is 12.8 Å². The minimum atomic E-state index is -0.313. The minimum Gasteiger partial charge on any atom is -0.454 e. The second kappa shape index (κ2) is 9.26. The first kappa shape index (κ1) is 22.0. The van der Waals surface area contributed by atoms with Crippen molar-refractivity contribution in [3.8, 4) is 23.0 Å². The molecule has 2 amide bonds. The molecular formula is C27H25N5O4. The fourth-order valence-electron chi connectivity index (χ4n) is 4.74. The van der Waals surface area contributed by atoms with E-state index in [4.69, 9.17) is 9.47 Å². The van der Waals surface area contributed by atoms with Crippen LogP contribution >= 0.6 is 0 Å². The zero-order valence-electron chi connectivity index (χ0n) is 19.5. The molecule has 4 heterocycles. The first-order valence-corrected chi connectivity index (χ1v) is 11.9. The summed E-state index contributed by atoms with van der Waals surface area (Å²) in [5, 5.41) is 7.51. The molecule has 182 valence electrons. The molecule has 1 atom stereocenters. The van der Waals surface area contributed by atoms with E-state index in [9.17, 15) is 9.59 Å². The van der Waals surface area contributed by atoms with E-state index in [-0.39, 0.29) is 24.5 Å². The standard InChI is InChI=1S/C27H25N5O4/c33-25(29-20-10-11-23-24(15-20)36-18-35-23)19-7-6-14-31(17-19)27(34)22-16-28-32(21-8-2-1-3-9-21)26(22)30-12-4-5-13-30/h1-5,8-13,15-16,19H,6-7,14,17-18H2,(H,29,33)/t19-/m0/s1. The summed E-state index contributed by atoms with van der Waals surface area (Å²) in [6.45, 7) is 1.11. The van der Waals surface area contributed by atoms with Crippen LogP contribution in [0.1, 0.15) is 23.2 Å². The van der Waals surface area contributed by atoms with Crippen LogP contribution < -0.4 is 14.8 Å². The van der Waals surface area contributed by atoms with Crippen LogP contribution in [0, 0.1) is 5.92 Å². The van der Waals surface area contributed by atoms with Crippen LogP contribution in [0.4, 0.5) is 5.69 Å². The van der Waals surface area contributed by atoms with Crippen LogP contribution in [0.5, 0.6) is 11.5 Å². The van der Waals surface area contributed by atoms with Crippen LogP contribution in [0.25, 0.3) is 11.5 Å². The Labute approximate surface area is 207 Å². The van der Waals surface area contributed by atoms with Gasteiger partial charge in [-0.25, -0.2) is 4.68 Å². The van der Waals surface area contributed by atoms with E-state index < -0.39 is 0 Å². The summed E-state index contributed by atoms with van der Waals surface area (Å²) in [4.78, 5) is 28.5. The van der Waals surface area contributed by atoms with E-state index in [2.05, 4.69) is 10.4 Å². The number of anilines is 1. The van der Waals surface area contributed by atoms with Crippen molar-refractivity contribution in [1.29, 1.82) is 0 Å². The molecular weight excluding hydrogens is 458 g/mol. The van der Waals surface area contributed by atoms with Crippen molar-refractivity contribution < 1.29 is 19.1 Å². The molecule has 36 heavy (non-hydrogen) atoms. The number of nitrogens with zero attached hydrogens (tertiary/aromatic N) is 4. The van der Waals surface area contributed by atoms with Crippen molar-refractivity contribution in [2.24, 2.45) is 5.92 Å². The number of carbonyl (C=O) groups excluding carboxylic acids is 2. The zero-order valence-corrected chi connectivity index (χ0v) is 19.5. The molecule has 4 aromatic rings. The van der Waals surface area contributed by atoms with Crippen LogP contribution in [0.15, 0.2) is 79.3 Å². The summed E-state index contributed by atoms with van der Waals surface area (Å²) in [6.07, 6.45) is 6.86. The number of hydrogen-bond donors (Lipinski definition) is 1. The van der Waals surface area contributed by atoms with Crippen molar-refractivity contribution in [2.75, 3.05) is 25.2 Å². The van der Waals surface area contributed by atoms with E-state index in [0.29, 0.717) is 48.1 Å². The Balaban J connectivity index is 1.22. The Hall–Kier alpha value is -4.53. The van der Waals surface area contributed by atoms with Gasteiger partial charge in [-0.15, -0.1) is 0 Å². The number of ether oxygens (including phenoxy) is 2. The van der Waals surface area contributed by atoms with E-state index in [1.165, 1.54) is 0 Å². The summed E-state index contributed by atoms with van der Waals surface area (Å²) in [5.74, 6) is 1.38. The maximum atomic E-state index is 13.7. The first-order chi connectivity index (χ1) is 17.7. The van der Waals surface area contributed by atoms with Gasteiger partial charge in [0.2, 0.25) is 12.7 Å². The molecule has 0 bridgehead atoms. The largest absolute Gasteiger partial charge is 0.454 e. The lowest BCUT2D eigenvalue weighted by Gasteiger charge is -2.32. The van der Waals surface area contributed by atoms with Gasteiger partial charge in [0.1, 0.15) is 5.56 Å². The van der Waals surface area contributed by atoms with Crippen molar-refractivity contribution in [3.63, 3.8) is 0 Å². The number of likely N-dealkylation sites (tertiary alicyclic amines) is 1. The van der Waals surface area contributed by atoms with Gasteiger partial charge in [0.15, 0.2) is 17.3 Å². The molecule has 2 aromatic heterocycles. The number of amides is 2. The average Bonchev–Trinajstić information content (AvgIpc) is 3.69. The monoisotopic (exact) mass is 483 g/mol. The number of rotatable bonds is 5. The molecule has 0 radical (unpaired) electrons. The van der Waals surface area contributed by atoms with E-state index in [1.54, 1.807) is 34.0 Å². The Bertz CT molecular complexity index is 1400. The first-order valence-electron chi connectivity index (χ1n) is 11.9. The molecule has 9 nitrogen and oxygen atoms in total. The Morgan fingerprint density at radius 1 is 0.972 bits per heavy atom. The molecule has 1 N–H and O–H groups in total. The van der Waals surface area contributed by atoms with E-state index >= 15 is 0 Å². The predicted octanol–water partition coefficient (Wildman–Crippen LogP) is 3.88. The molecule has 0 spiro atoms. The number of nitrogens with one attached hydrogen (secondary N) is 1. The fraction of sp³-hybridized carbons (Fsp3) is 0.222. The van der Waals surface area contributed by atoms with E-state index in [1.807, 2.05) is 59.4 Å². The summed E-state index contributed by atoms with van der Waals surface area (Å²) in [6, 6.07) is 18.9. The van der Waals surface area contributed by atoms with Crippen molar-refractivity contribution in [1.82, 2.24) is 19.2 Å². The maximum Gasteiger partial charge on any atom is 0.259 e. The lowest BCUT2D eigenvalue weighted by atomic mass is 9.96. The van der Waals surface area contributed by atoms with Gasteiger partial charge in [-0.2, -0.15) is 5.10 Å². The normalized spacial score (nSPS) is 16.7. The summed E-state index contributed by atoms with van der Waals surface area (Å²) in [5.41, 5.74) is 2.00. The highest BCUT2D eigenvalue weighted by Gasteiger charge is 2.32. The molecule has 2 aromatic carbocycles. The topological polar surface area (TPSA) is 90.6 Å². The number of carbonyl (C=O) groups is 2. The number of aromatic nitrogens is 3. The Morgan fingerprint density at radius 2 is 1.78 bits per heavy atom. The van der Waals surface area contributed by atoms with Gasteiger partial charge in [0.05, 0.1) is 17.8 Å². The van der Waals surface area contributed by atoms with Gasteiger partial charge in [-0.05, 0) is 49.2 Å². The number of hydrogen-bond acceptors (Lipinski definition) is 5. The Kier molecular flexibility index (Phi) is 5.65. The third-order valence-electron chi connectivity index (χ3n) is 6.54. The van der Waals surface area contributed by atoms with Gasteiger partial charge in [0, 0.05) is 37.2 Å². The van der Waals surface area contributed by atoms with Crippen molar-refractivity contribution in [3.05, 3.63) is 84.8 Å². The minimum absolute atomic E-state index is 0.114. The van der Waals surface area contributed by atoms with Crippen LogP contribution in [-0.2, 0) is 4.79 Å². The maximum absolute atomic E-state index is 13.7. The summed E-state index contributed by atoms with van der Waals surface area (Å²) in [7, 11) is 0. The third kappa shape index (κ3) is 4.08. The van der Waals surface area contributed by atoms with Crippen LogP contribution in [0.3, 0.4) is 0 Å². The second-order valence-electron chi connectivity index (χ2n) is 8.87. The van der Waals surface area contributed by atoms with Gasteiger partial charge in [-0.3, -0.25) is 9.59 Å². The number of piperidine rings is 1. The smallest absolute Gasteiger partial charge is 0.259 e. The number of fused-ring (bicyclic) bond motifs is 1. The molecule has 0 saturated carbocycles. The molecule has 1 saturated heterocycles.